The van der Waals surface area contributed by atoms with Crippen molar-refractivity contribution >= 4 is 11.6 Å². The number of rotatable bonds is 4. The summed E-state index contributed by atoms with van der Waals surface area (Å²) in [5, 5.41) is 19.3. The molecule has 6 nitrogen and oxygen atoms in total. The van der Waals surface area contributed by atoms with E-state index in [1.807, 2.05) is 31.2 Å². The van der Waals surface area contributed by atoms with Crippen molar-refractivity contribution in [1.29, 1.82) is 0 Å². The Morgan fingerprint density at radius 2 is 2.13 bits per heavy atom. The number of hydrogen-bond acceptors (Lipinski definition) is 4. The number of carbonyl (C=O) groups excluding carboxylic acids is 1. The number of H-pyrrole nitrogens is 1. The van der Waals surface area contributed by atoms with Gasteiger partial charge in [0.05, 0.1) is 6.10 Å². The molecular weight excluding hydrogens is 292 g/mol. The van der Waals surface area contributed by atoms with Gasteiger partial charge in [-0.3, -0.25) is 14.8 Å². The van der Waals surface area contributed by atoms with Gasteiger partial charge in [-0.2, -0.15) is 5.10 Å². The summed E-state index contributed by atoms with van der Waals surface area (Å²) in [6.45, 7) is 4.38. The van der Waals surface area contributed by atoms with Crippen LogP contribution < -0.4 is 5.32 Å². The van der Waals surface area contributed by atoms with Gasteiger partial charge in [-0.05, 0) is 37.5 Å². The Bertz CT molecular complexity index is 675. The fraction of sp³-hybridized carbons (Fsp3) is 0.412. The van der Waals surface area contributed by atoms with Gasteiger partial charge in [-0.25, -0.2) is 0 Å². The fourth-order valence-corrected chi connectivity index (χ4v) is 2.82. The Morgan fingerprint density at radius 3 is 2.83 bits per heavy atom. The molecule has 0 atom stereocenters. The van der Waals surface area contributed by atoms with Gasteiger partial charge >= 0.3 is 0 Å². The normalized spacial score (nSPS) is 16.4. The molecule has 1 fully saturated rings. The zero-order valence-electron chi connectivity index (χ0n) is 13.2. The SMILES string of the molecule is Cc1cc(C(=O)Nc2ccccc2CN2CCC(O)CC2)n[nH]1. The van der Waals surface area contributed by atoms with Crippen LogP contribution in [0.5, 0.6) is 0 Å². The fourth-order valence-electron chi connectivity index (χ4n) is 2.82. The lowest BCUT2D eigenvalue weighted by Crippen LogP contribution is -2.35. The van der Waals surface area contributed by atoms with E-state index in [4.69, 9.17) is 0 Å². The van der Waals surface area contributed by atoms with E-state index in [1.165, 1.54) is 0 Å². The van der Waals surface area contributed by atoms with Crippen molar-refractivity contribution in [1.82, 2.24) is 15.1 Å². The third-order valence-corrected chi connectivity index (χ3v) is 4.16. The summed E-state index contributed by atoms with van der Waals surface area (Å²) in [6, 6.07) is 9.54. The molecule has 0 aliphatic carbocycles. The van der Waals surface area contributed by atoms with E-state index < -0.39 is 0 Å². The number of para-hydroxylation sites is 1. The minimum Gasteiger partial charge on any atom is -0.393 e. The van der Waals surface area contributed by atoms with Crippen LogP contribution in [0.25, 0.3) is 0 Å². The minimum absolute atomic E-state index is 0.177. The Kier molecular flexibility index (Phi) is 4.73. The second-order valence-corrected chi connectivity index (χ2v) is 6.05. The lowest BCUT2D eigenvalue weighted by Gasteiger charge is -2.30. The first kappa shape index (κ1) is 15.7. The highest BCUT2D eigenvalue weighted by atomic mass is 16.3. The van der Waals surface area contributed by atoms with Crippen molar-refractivity contribution < 1.29 is 9.90 Å². The molecular formula is C17H22N4O2. The summed E-state index contributed by atoms with van der Waals surface area (Å²) in [7, 11) is 0. The Hall–Kier alpha value is -2.18. The largest absolute Gasteiger partial charge is 0.393 e. The van der Waals surface area contributed by atoms with Crippen LogP contribution in [0.3, 0.4) is 0 Å². The standard InChI is InChI=1S/C17H22N4O2/c1-12-10-16(20-19-12)17(23)18-15-5-3-2-4-13(15)11-21-8-6-14(22)7-9-21/h2-5,10,14,22H,6-9,11H2,1H3,(H,18,23)(H,19,20). The van der Waals surface area contributed by atoms with Crippen LogP contribution in [0.2, 0.25) is 0 Å². The molecule has 2 aromatic rings. The molecule has 122 valence electrons. The van der Waals surface area contributed by atoms with Gasteiger partial charge in [0, 0.05) is 31.0 Å². The number of aliphatic hydroxyl groups is 1. The molecule has 1 aromatic carbocycles. The van der Waals surface area contributed by atoms with Gasteiger partial charge in [0.1, 0.15) is 0 Å². The summed E-state index contributed by atoms with van der Waals surface area (Å²) in [5.74, 6) is -0.212. The maximum Gasteiger partial charge on any atom is 0.276 e. The van der Waals surface area contributed by atoms with Gasteiger partial charge in [0.25, 0.3) is 5.91 Å². The van der Waals surface area contributed by atoms with Gasteiger partial charge in [-0.1, -0.05) is 18.2 Å². The van der Waals surface area contributed by atoms with Crippen molar-refractivity contribution in [2.24, 2.45) is 0 Å². The molecule has 0 unspecified atom stereocenters. The van der Waals surface area contributed by atoms with E-state index in [0.717, 1.165) is 49.4 Å². The predicted molar refractivity (Wildman–Crippen MR) is 88.2 cm³/mol. The molecule has 0 spiro atoms. The maximum absolute atomic E-state index is 12.3. The highest BCUT2D eigenvalue weighted by Crippen LogP contribution is 2.20. The number of nitrogens with one attached hydrogen (secondary N) is 2. The van der Waals surface area contributed by atoms with Crippen LogP contribution in [0, 0.1) is 6.92 Å². The van der Waals surface area contributed by atoms with Gasteiger partial charge in [0.15, 0.2) is 5.69 Å². The van der Waals surface area contributed by atoms with Crippen molar-refractivity contribution in [3.05, 3.63) is 47.3 Å². The summed E-state index contributed by atoms with van der Waals surface area (Å²) in [4.78, 5) is 14.6. The minimum atomic E-state index is -0.212. The molecule has 1 aliphatic heterocycles. The lowest BCUT2D eigenvalue weighted by atomic mass is 10.1. The summed E-state index contributed by atoms with van der Waals surface area (Å²) < 4.78 is 0. The first-order valence-corrected chi connectivity index (χ1v) is 7.93. The molecule has 0 saturated carbocycles. The lowest BCUT2D eigenvalue weighted by molar-refractivity contribution is 0.0793. The second-order valence-electron chi connectivity index (χ2n) is 6.05. The molecule has 0 radical (unpaired) electrons. The topological polar surface area (TPSA) is 81.2 Å². The summed E-state index contributed by atoms with van der Waals surface area (Å²) in [6.07, 6.45) is 1.44. The summed E-state index contributed by atoms with van der Waals surface area (Å²) in [5.41, 5.74) is 3.13. The molecule has 6 heteroatoms. The number of aliphatic hydroxyl groups excluding tert-OH is 1. The predicted octanol–water partition coefficient (Wildman–Crippen LogP) is 1.93. The van der Waals surface area contributed by atoms with Gasteiger partial charge in [0.2, 0.25) is 0 Å². The van der Waals surface area contributed by atoms with E-state index >= 15 is 0 Å². The third-order valence-electron chi connectivity index (χ3n) is 4.16. The van der Waals surface area contributed by atoms with Crippen molar-refractivity contribution in [2.45, 2.75) is 32.4 Å². The van der Waals surface area contributed by atoms with Crippen LogP contribution in [0.4, 0.5) is 5.69 Å². The molecule has 23 heavy (non-hydrogen) atoms. The number of anilines is 1. The number of hydrogen-bond donors (Lipinski definition) is 3. The molecule has 1 saturated heterocycles. The van der Waals surface area contributed by atoms with Crippen LogP contribution >= 0.6 is 0 Å². The highest BCUT2D eigenvalue weighted by Gasteiger charge is 2.18. The van der Waals surface area contributed by atoms with E-state index in [1.54, 1.807) is 6.07 Å². The zero-order chi connectivity index (χ0) is 16.2. The van der Waals surface area contributed by atoms with Crippen LogP contribution in [0.15, 0.2) is 30.3 Å². The number of carbonyl (C=O) groups is 1. The molecule has 3 N–H and O–H groups in total. The maximum atomic E-state index is 12.3. The van der Waals surface area contributed by atoms with Crippen LogP contribution in [-0.2, 0) is 6.54 Å². The highest BCUT2D eigenvalue weighted by molar-refractivity contribution is 6.03. The smallest absolute Gasteiger partial charge is 0.276 e. The van der Waals surface area contributed by atoms with Gasteiger partial charge < -0.3 is 10.4 Å². The average Bonchev–Trinajstić information content (AvgIpc) is 2.98. The quantitative estimate of drug-likeness (QED) is 0.805. The van der Waals surface area contributed by atoms with Crippen LogP contribution in [-0.4, -0.2) is 45.3 Å². The first-order chi connectivity index (χ1) is 11.1. The number of aromatic nitrogens is 2. The van der Waals surface area contributed by atoms with E-state index in [-0.39, 0.29) is 12.0 Å². The van der Waals surface area contributed by atoms with E-state index in [2.05, 4.69) is 20.4 Å². The number of benzene rings is 1. The van der Waals surface area contributed by atoms with Crippen LogP contribution in [0.1, 0.15) is 34.6 Å². The second kappa shape index (κ2) is 6.93. The number of likely N-dealkylation sites (tertiary alicyclic amines) is 1. The average molecular weight is 314 g/mol. The molecule has 2 heterocycles. The van der Waals surface area contributed by atoms with E-state index in [0.29, 0.717) is 5.69 Å². The monoisotopic (exact) mass is 314 g/mol. The van der Waals surface area contributed by atoms with Crippen molar-refractivity contribution in [3.8, 4) is 0 Å². The van der Waals surface area contributed by atoms with Crippen molar-refractivity contribution in [3.63, 3.8) is 0 Å². The number of aromatic amines is 1. The molecule has 1 aliphatic rings. The number of piperidine rings is 1. The molecule has 3 rings (SSSR count). The third kappa shape index (κ3) is 3.97. The first-order valence-electron chi connectivity index (χ1n) is 7.93. The summed E-state index contributed by atoms with van der Waals surface area (Å²) >= 11 is 0. The number of aryl methyl sites for hydroxylation is 1. The van der Waals surface area contributed by atoms with E-state index in [9.17, 15) is 9.90 Å². The van der Waals surface area contributed by atoms with Crippen molar-refractivity contribution in [2.75, 3.05) is 18.4 Å². The number of nitrogens with zero attached hydrogens (tertiary/aromatic N) is 2. The molecule has 1 amide bonds. The van der Waals surface area contributed by atoms with Gasteiger partial charge in [-0.15, -0.1) is 0 Å². The Labute approximate surface area is 135 Å². The molecule has 1 aromatic heterocycles. The Balaban J connectivity index is 1.69. The molecule has 0 bridgehead atoms. The number of amides is 1. The Morgan fingerprint density at radius 1 is 1.39 bits per heavy atom. The zero-order valence-corrected chi connectivity index (χ0v) is 13.2.